The summed E-state index contributed by atoms with van der Waals surface area (Å²) < 4.78 is 16.7. The predicted molar refractivity (Wildman–Crippen MR) is 132 cm³/mol. The summed E-state index contributed by atoms with van der Waals surface area (Å²) in [6.07, 6.45) is 0. The molecule has 0 fully saturated rings. The molecule has 0 amide bonds. The number of carbonyl (C=O) groups excluding carboxylic acids is 2. The molecule has 0 aliphatic heterocycles. The summed E-state index contributed by atoms with van der Waals surface area (Å²) >= 11 is 0. The van der Waals surface area contributed by atoms with Crippen LogP contribution in [0.4, 0.5) is 0 Å². The van der Waals surface area contributed by atoms with E-state index in [1.165, 1.54) is 7.11 Å². The third kappa shape index (κ3) is 5.28. The van der Waals surface area contributed by atoms with E-state index in [0.29, 0.717) is 39.4 Å². The van der Waals surface area contributed by atoms with Crippen LogP contribution in [0.15, 0.2) is 48.5 Å². The Bertz CT molecular complexity index is 1210. The Kier molecular flexibility index (Phi) is 7.40. The zero-order valence-electron chi connectivity index (χ0n) is 20.8. The first-order valence-electron chi connectivity index (χ1n) is 11.2. The molecule has 0 aliphatic carbocycles. The van der Waals surface area contributed by atoms with Gasteiger partial charge in [0.15, 0.2) is 0 Å². The molecule has 0 atom stereocenters. The molecular formula is C28H31NO5. The zero-order chi connectivity index (χ0) is 25.0. The number of rotatable bonds is 6. The highest BCUT2D eigenvalue weighted by Gasteiger charge is 2.27. The summed E-state index contributed by atoms with van der Waals surface area (Å²) in [6.45, 7) is 11.0. The summed E-state index contributed by atoms with van der Waals surface area (Å²) in [5.41, 5.74) is 3.98. The molecular weight excluding hydrogens is 430 g/mol. The number of methoxy groups -OCH3 is 1. The van der Waals surface area contributed by atoms with Gasteiger partial charge in [0, 0.05) is 5.56 Å². The highest BCUT2D eigenvalue weighted by atomic mass is 16.6. The maximum atomic E-state index is 13.3. The average molecular weight is 462 g/mol. The molecule has 0 unspecified atom stereocenters. The second-order valence-electron chi connectivity index (χ2n) is 8.91. The van der Waals surface area contributed by atoms with E-state index in [4.69, 9.17) is 14.2 Å². The minimum atomic E-state index is -0.668. The molecule has 6 heteroatoms. The number of carbonyl (C=O) groups is 2. The van der Waals surface area contributed by atoms with E-state index < -0.39 is 17.5 Å². The van der Waals surface area contributed by atoms with Crippen LogP contribution in [0.3, 0.4) is 0 Å². The number of aryl methyl sites for hydroxylation is 2. The van der Waals surface area contributed by atoms with E-state index in [2.05, 4.69) is 4.98 Å². The summed E-state index contributed by atoms with van der Waals surface area (Å²) in [7, 11) is 1.53. The van der Waals surface area contributed by atoms with Crippen LogP contribution in [0.1, 0.15) is 59.8 Å². The van der Waals surface area contributed by atoms with Crippen molar-refractivity contribution in [2.24, 2.45) is 0 Å². The van der Waals surface area contributed by atoms with E-state index in [1.807, 2.05) is 70.2 Å². The predicted octanol–water partition coefficient (Wildman–Crippen LogP) is 6.17. The van der Waals surface area contributed by atoms with Crippen molar-refractivity contribution in [1.29, 1.82) is 0 Å². The standard InChI is InChI=1S/C28H31NO5/c1-8-33-27(31)23-17(2)29-18(3)25(32-7)24(23)20-14-15-21(19-12-10-9-11-13-19)22(16-20)26(30)34-28(4,5)6/h9-16H,8H2,1-7H3. The van der Waals surface area contributed by atoms with Crippen LogP contribution in [-0.4, -0.2) is 36.2 Å². The first kappa shape index (κ1) is 25.0. The lowest BCUT2D eigenvalue weighted by Crippen LogP contribution is -2.24. The molecule has 1 aromatic heterocycles. The number of nitrogens with zero attached hydrogens (tertiary/aromatic N) is 1. The number of hydrogen-bond donors (Lipinski definition) is 0. The van der Waals surface area contributed by atoms with Crippen molar-refractivity contribution in [3.63, 3.8) is 0 Å². The Labute approximate surface area is 200 Å². The van der Waals surface area contributed by atoms with E-state index in [0.717, 1.165) is 11.1 Å². The molecule has 0 aliphatic rings. The smallest absolute Gasteiger partial charge is 0.340 e. The Morgan fingerprint density at radius 2 is 1.59 bits per heavy atom. The maximum Gasteiger partial charge on any atom is 0.340 e. The third-order valence-electron chi connectivity index (χ3n) is 5.20. The van der Waals surface area contributed by atoms with Gasteiger partial charge in [-0.1, -0.05) is 42.5 Å². The lowest BCUT2D eigenvalue weighted by atomic mass is 9.91. The van der Waals surface area contributed by atoms with Gasteiger partial charge in [0.1, 0.15) is 11.4 Å². The second-order valence-corrected chi connectivity index (χ2v) is 8.91. The number of pyridine rings is 1. The SMILES string of the molecule is CCOC(=O)c1c(C)nc(C)c(OC)c1-c1ccc(-c2ccccc2)c(C(=O)OC(C)(C)C)c1. The van der Waals surface area contributed by atoms with Gasteiger partial charge in [-0.15, -0.1) is 0 Å². The van der Waals surface area contributed by atoms with E-state index in [9.17, 15) is 9.59 Å². The highest BCUT2D eigenvalue weighted by molar-refractivity contribution is 6.03. The number of esters is 2. The monoisotopic (exact) mass is 461 g/mol. The molecule has 3 rings (SSSR count). The number of aromatic nitrogens is 1. The fourth-order valence-electron chi connectivity index (χ4n) is 3.88. The maximum absolute atomic E-state index is 13.3. The van der Waals surface area contributed by atoms with Crippen LogP contribution in [-0.2, 0) is 9.47 Å². The normalized spacial score (nSPS) is 11.1. The number of hydrogen-bond acceptors (Lipinski definition) is 6. The fourth-order valence-corrected chi connectivity index (χ4v) is 3.88. The second kappa shape index (κ2) is 10.1. The van der Waals surface area contributed by atoms with Crippen molar-refractivity contribution in [2.75, 3.05) is 13.7 Å². The Morgan fingerprint density at radius 1 is 0.912 bits per heavy atom. The van der Waals surface area contributed by atoms with Crippen LogP contribution < -0.4 is 4.74 Å². The van der Waals surface area contributed by atoms with Crippen molar-refractivity contribution in [3.8, 4) is 28.0 Å². The van der Waals surface area contributed by atoms with Gasteiger partial charge < -0.3 is 14.2 Å². The summed E-state index contributed by atoms with van der Waals surface area (Å²) in [4.78, 5) is 30.7. The number of benzene rings is 2. The van der Waals surface area contributed by atoms with Gasteiger partial charge in [0.05, 0.1) is 36.2 Å². The molecule has 34 heavy (non-hydrogen) atoms. The molecule has 6 nitrogen and oxygen atoms in total. The van der Waals surface area contributed by atoms with Crippen molar-refractivity contribution >= 4 is 11.9 Å². The molecule has 0 bridgehead atoms. The molecule has 0 saturated carbocycles. The van der Waals surface area contributed by atoms with Crippen molar-refractivity contribution in [3.05, 3.63) is 71.0 Å². The van der Waals surface area contributed by atoms with E-state index in [-0.39, 0.29) is 6.61 Å². The largest absolute Gasteiger partial charge is 0.494 e. The molecule has 0 N–H and O–H groups in total. The molecule has 178 valence electrons. The van der Waals surface area contributed by atoms with Crippen molar-refractivity contribution < 1.29 is 23.8 Å². The van der Waals surface area contributed by atoms with Crippen LogP contribution >= 0.6 is 0 Å². The Balaban J connectivity index is 2.32. The minimum Gasteiger partial charge on any atom is -0.494 e. The van der Waals surface area contributed by atoms with Gasteiger partial charge in [-0.2, -0.15) is 0 Å². The fraction of sp³-hybridized carbons (Fsp3) is 0.321. The van der Waals surface area contributed by atoms with Gasteiger partial charge in [0.25, 0.3) is 0 Å². The topological polar surface area (TPSA) is 74.7 Å². The quantitative estimate of drug-likeness (QED) is 0.409. The third-order valence-corrected chi connectivity index (χ3v) is 5.20. The van der Waals surface area contributed by atoms with Crippen molar-refractivity contribution in [2.45, 2.75) is 47.1 Å². The van der Waals surface area contributed by atoms with Gasteiger partial charge >= 0.3 is 11.9 Å². The van der Waals surface area contributed by atoms with Crippen LogP contribution in [0.2, 0.25) is 0 Å². The summed E-state index contributed by atoms with van der Waals surface area (Å²) in [6, 6.07) is 15.1. The van der Waals surface area contributed by atoms with Crippen LogP contribution in [0, 0.1) is 13.8 Å². The van der Waals surface area contributed by atoms with Gasteiger partial charge in [-0.3, -0.25) is 4.98 Å². The van der Waals surface area contributed by atoms with Crippen LogP contribution in [0.25, 0.3) is 22.3 Å². The van der Waals surface area contributed by atoms with Gasteiger partial charge in [-0.25, -0.2) is 9.59 Å². The molecule has 3 aromatic rings. The molecule has 0 spiro atoms. The zero-order valence-corrected chi connectivity index (χ0v) is 20.8. The molecule has 0 saturated heterocycles. The lowest BCUT2D eigenvalue weighted by Gasteiger charge is -2.22. The first-order valence-corrected chi connectivity index (χ1v) is 11.2. The average Bonchev–Trinajstić information content (AvgIpc) is 2.77. The van der Waals surface area contributed by atoms with E-state index in [1.54, 1.807) is 19.9 Å². The van der Waals surface area contributed by atoms with Crippen LogP contribution in [0.5, 0.6) is 5.75 Å². The first-order chi connectivity index (χ1) is 16.1. The molecule has 1 heterocycles. The summed E-state index contributed by atoms with van der Waals surface area (Å²) in [5.74, 6) is -0.490. The highest BCUT2D eigenvalue weighted by Crippen LogP contribution is 2.39. The van der Waals surface area contributed by atoms with E-state index >= 15 is 0 Å². The van der Waals surface area contributed by atoms with Gasteiger partial charge in [0.2, 0.25) is 0 Å². The lowest BCUT2D eigenvalue weighted by molar-refractivity contribution is 0.00702. The summed E-state index contributed by atoms with van der Waals surface area (Å²) in [5, 5.41) is 0. The number of ether oxygens (including phenoxy) is 3. The molecule has 0 radical (unpaired) electrons. The Morgan fingerprint density at radius 3 is 2.18 bits per heavy atom. The molecule has 2 aromatic carbocycles. The minimum absolute atomic E-state index is 0.226. The van der Waals surface area contributed by atoms with Gasteiger partial charge in [-0.05, 0) is 64.3 Å². The van der Waals surface area contributed by atoms with Crippen molar-refractivity contribution in [1.82, 2.24) is 4.98 Å². The Hall–Kier alpha value is -3.67.